The minimum atomic E-state index is -0.144. The number of likely N-dealkylation sites (N-methyl/N-ethyl adjacent to an activating group) is 1. The molecular formula is C27H26N3O5S-. The van der Waals surface area contributed by atoms with Crippen LogP contribution in [-0.2, 0) is 6.42 Å². The van der Waals surface area contributed by atoms with Crippen LogP contribution in [0.2, 0.25) is 0 Å². The summed E-state index contributed by atoms with van der Waals surface area (Å²) in [4.78, 5) is 4.27. The zero-order valence-electron chi connectivity index (χ0n) is 20.0. The monoisotopic (exact) mass is 504 g/mol. The van der Waals surface area contributed by atoms with E-state index >= 15 is 0 Å². The van der Waals surface area contributed by atoms with Crippen LogP contribution in [0.15, 0.2) is 64.4 Å². The van der Waals surface area contributed by atoms with Crippen LogP contribution in [0.1, 0.15) is 17.2 Å². The molecule has 2 aliphatic rings. The van der Waals surface area contributed by atoms with Crippen molar-refractivity contribution in [1.82, 2.24) is 4.90 Å². The van der Waals surface area contributed by atoms with Gasteiger partial charge in [-0.1, -0.05) is 23.6 Å². The van der Waals surface area contributed by atoms with Gasteiger partial charge in [-0.3, -0.25) is 10.1 Å². The number of methoxy groups -OCH3 is 1. The Morgan fingerprint density at radius 2 is 1.89 bits per heavy atom. The molecule has 186 valence electrons. The van der Waals surface area contributed by atoms with Gasteiger partial charge in [-0.2, -0.15) is 0 Å². The Hall–Kier alpha value is -3.55. The van der Waals surface area contributed by atoms with Gasteiger partial charge in [0.25, 0.3) is 0 Å². The number of anilines is 2. The van der Waals surface area contributed by atoms with Crippen LogP contribution in [0.3, 0.4) is 0 Å². The van der Waals surface area contributed by atoms with Crippen LogP contribution in [0.5, 0.6) is 17.2 Å². The smallest absolute Gasteiger partial charge is 0.231 e. The summed E-state index contributed by atoms with van der Waals surface area (Å²) in [6.45, 7) is 1.62. The van der Waals surface area contributed by atoms with Gasteiger partial charge >= 0.3 is 0 Å². The van der Waals surface area contributed by atoms with Crippen molar-refractivity contribution in [1.29, 1.82) is 0 Å². The van der Waals surface area contributed by atoms with Gasteiger partial charge in [0, 0.05) is 27.6 Å². The third-order valence-corrected chi connectivity index (χ3v) is 7.18. The maximum Gasteiger partial charge on any atom is 0.231 e. The zero-order chi connectivity index (χ0) is 25.1. The molecule has 3 aromatic carbocycles. The van der Waals surface area contributed by atoms with E-state index in [0.29, 0.717) is 18.0 Å². The molecule has 2 N–H and O–H groups in total. The SMILES string of the molecule is COc1c2c(cc3c1[C@@H](C#CCNc1ccc(Sc4ccc(N([O-])O)cc4)cc1)N(C)CC3)OCO2. The van der Waals surface area contributed by atoms with Crippen molar-refractivity contribution in [2.45, 2.75) is 22.3 Å². The van der Waals surface area contributed by atoms with Gasteiger partial charge in [-0.05, 0) is 73.6 Å². The molecule has 0 aromatic heterocycles. The number of hydrogen-bond acceptors (Lipinski definition) is 9. The highest BCUT2D eigenvalue weighted by molar-refractivity contribution is 7.99. The van der Waals surface area contributed by atoms with Gasteiger partial charge < -0.3 is 30.0 Å². The lowest BCUT2D eigenvalue weighted by Gasteiger charge is -2.32. The standard InChI is InChI=1S/C27H26N3O5S/c1-29-15-13-18-16-24-26(35-17-34-24)27(33-2)25(18)23(29)4-3-14-28-19-5-9-21(10-6-19)36-22-11-7-20(8-12-22)30(31)32/h5-12,16,23,28,31H,13-15,17H2,1-2H3/q-1/t23-/m1/s1. The van der Waals surface area contributed by atoms with Crippen LogP contribution >= 0.6 is 11.8 Å². The Kier molecular flexibility index (Phi) is 7.11. The van der Waals surface area contributed by atoms with E-state index in [9.17, 15) is 5.21 Å². The van der Waals surface area contributed by atoms with Gasteiger partial charge in [0.1, 0.15) is 6.04 Å². The van der Waals surface area contributed by atoms with E-state index in [0.717, 1.165) is 39.8 Å². The second kappa shape index (κ2) is 10.6. The fourth-order valence-corrected chi connectivity index (χ4v) is 5.14. The van der Waals surface area contributed by atoms with Crippen LogP contribution in [-0.4, -0.2) is 44.1 Å². The lowest BCUT2D eigenvalue weighted by Crippen LogP contribution is -2.31. The maximum absolute atomic E-state index is 10.9. The Morgan fingerprint density at radius 1 is 1.17 bits per heavy atom. The summed E-state index contributed by atoms with van der Waals surface area (Å²) in [5.74, 6) is 8.79. The van der Waals surface area contributed by atoms with Crippen LogP contribution < -0.4 is 24.8 Å². The molecule has 3 aromatic rings. The molecule has 9 heteroatoms. The van der Waals surface area contributed by atoms with Gasteiger partial charge in [-0.15, -0.1) is 0 Å². The Balaban J connectivity index is 1.23. The summed E-state index contributed by atoms with van der Waals surface area (Å²) in [5, 5.41) is 23.1. The molecule has 0 amide bonds. The van der Waals surface area contributed by atoms with Crippen LogP contribution in [0.25, 0.3) is 0 Å². The van der Waals surface area contributed by atoms with E-state index in [1.165, 1.54) is 5.56 Å². The normalized spacial score (nSPS) is 16.1. The molecule has 36 heavy (non-hydrogen) atoms. The third-order valence-electron chi connectivity index (χ3n) is 6.16. The van der Waals surface area contributed by atoms with E-state index in [1.54, 1.807) is 43.1 Å². The van der Waals surface area contributed by atoms with Crippen molar-refractivity contribution in [2.75, 3.05) is 44.6 Å². The van der Waals surface area contributed by atoms with E-state index in [1.807, 2.05) is 24.3 Å². The zero-order valence-corrected chi connectivity index (χ0v) is 20.8. The van der Waals surface area contributed by atoms with Crippen molar-refractivity contribution < 1.29 is 19.4 Å². The number of hydrogen-bond donors (Lipinski definition) is 2. The molecular weight excluding hydrogens is 478 g/mol. The minimum Gasteiger partial charge on any atom is -0.733 e. The highest BCUT2D eigenvalue weighted by Gasteiger charge is 2.33. The molecule has 0 radical (unpaired) electrons. The molecule has 1 atom stereocenters. The average Bonchev–Trinajstić information content (AvgIpc) is 3.36. The topological polar surface area (TPSA) is 89.5 Å². The average molecular weight is 505 g/mol. The third kappa shape index (κ3) is 5.03. The van der Waals surface area contributed by atoms with Crippen LogP contribution in [0, 0.1) is 17.0 Å². The van der Waals surface area contributed by atoms with E-state index in [2.05, 4.69) is 35.2 Å². The lowest BCUT2D eigenvalue weighted by molar-refractivity contribution is 0.171. The molecule has 8 nitrogen and oxygen atoms in total. The molecule has 0 bridgehead atoms. The van der Waals surface area contributed by atoms with Crippen molar-refractivity contribution in [3.63, 3.8) is 0 Å². The molecule has 0 saturated carbocycles. The fraction of sp³-hybridized carbons (Fsp3) is 0.259. The van der Waals surface area contributed by atoms with Crippen LogP contribution in [0.4, 0.5) is 11.4 Å². The molecule has 0 spiro atoms. The number of nitrogens with zero attached hydrogens (tertiary/aromatic N) is 2. The van der Waals surface area contributed by atoms with Crippen molar-refractivity contribution in [3.8, 4) is 29.1 Å². The molecule has 0 fully saturated rings. The summed E-state index contributed by atoms with van der Waals surface area (Å²) < 4.78 is 17.0. The highest BCUT2D eigenvalue weighted by Crippen LogP contribution is 2.49. The largest absolute Gasteiger partial charge is 0.733 e. The maximum atomic E-state index is 10.9. The molecule has 2 aliphatic heterocycles. The first-order valence-electron chi connectivity index (χ1n) is 11.5. The number of rotatable bonds is 6. The first-order chi connectivity index (χ1) is 17.5. The first-order valence-corrected chi connectivity index (χ1v) is 12.3. The molecule has 0 saturated heterocycles. The molecule has 5 rings (SSSR count). The number of fused-ring (bicyclic) bond motifs is 2. The predicted molar refractivity (Wildman–Crippen MR) is 139 cm³/mol. The summed E-state index contributed by atoms with van der Waals surface area (Å²) in [6, 6.07) is 16.8. The first kappa shape index (κ1) is 24.2. The molecule has 0 aliphatic carbocycles. The van der Waals surface area contributed by atoms with Gasteiger partial charge in [0.15, 0.2) is 11.5 Å². The number of nitrogens with one attached hydrogen (secondary N) is 1. The minimum absolute atomic E-state index is 0.0929. The second-order valence-corrected chi connectivity index (χ2v) is 9.56. The molecule has 2 heterocycles. The Bertz CT molecular complexity index is 1290. The van der Waals surface area contributed by atoms with E-state index < -0.39 is 0 Å². The predicted octanol–water partition coefficient (Wildman–Crippen LogP) is 4.91. The summed E-state index contributed by atoms with van der Waals surface area (Å²) >= 11 is 1.57. The Morgan fingerprint density at radius 3 is 2.58 bits per heavy atom. The van der Waals surface area contributed by atoms with Gasteiger partial charge in [0.2, 0.25) is 12.5 Å². The molecule has 0 unspecified atom stereocenters. The number of ether oxygens (including phenoxy) is 3. The van der Waals surface area contributed by atoms with Gasteiger partial charge in [0.05, 0.1) is 19.3 Å². The van der Waals surface area contributed by atoms with Crippen molar-refractivity contribution in [2.24, 2.45) is 0 Å². The van der Waals surface area contributed by atoms with E-state index in [-0.39, 0.29) is 23.7 Å². The second-order valence-electron chi connectivity index (χ2n) is 8.42. The Labute approximate surface area is 214 Å². The summed E-state index contributed by atoms with van der Waals surface area (Å²) in [5.41, 5.74) is 3.42. The van der Waals surface area contributed by atoms with Gasteiger partial charge in [-0.25, -0.2) is 0 Å². The highest BCUT2D eigenvalue weighted by atomic mass is 32.2. The summed E-state index contributed by atoms with van der Waals surface area (Å²) in [6.07, 6.45) is 0.905. The quantitative estimate of drug-likeness (QED) is 0.359. The lowest BCUT2D eigenvalue weighted by atomic mass is 9.91. The van der Waals surface area contributed by atoms with Crippen molar-refractivity contribution >= 4 is 23.1 Å². The summed E-state index contributed by atoms with van der Waals surface area (Å²) in [7, 11) is 3.73. The number of benzene rings is 3. The fourth-order valence-electron chi connectivity index (χ4n) is 4.33. The van der Waals surface area contributed by atoms with Crippen molar-refractivity contribution in [3.05, 3.63) is 70.9 Å². The van der Waals surface area contributed by atoms with E-state index in [4.69, 9.17) is 19.4 Å².